The predicted molar refractivity (Wildman–Crippen MR) is 77.5 cm³/mol. The Labute approximate surface area is 127 Å². The van der Waals surface area contributed by atoms with Crippen molar-refractivity contribution in [2.24, 2.45) is 0 Å². The zero-order valence-corrected chi connectivity index (χ0v) is 12.6. The van der Waals surface area contributed by atoms with Gasteiger partial charge in [-0.1, -0.05) is 0 Å². The number of hydrogen-bond acceptors (Lipinski definition) is 6. The molecule has 0 N–H and O–H groups in total. The van der Waals surface area contributed by atoms with Gasteiger partial charge in [0.05, 0.1) is 11.5 Å². The van der Waals surface area contributed by atoms with E-state index in [0.717, 1.165) is 0 Å². The van der Waals surface area contributed by atoms with Crippen LogP contribution in [0.2, 0.25) is 0 Å². The lowest BCUT2D eigenvalue weighted by atomic mass is 10.3. The lowest BCUT2D eigenvalue weighted by Crippen LogP contribution is -2.41. The van der Waals surface area contributed by atoms with E-state index in [4.69, 9.17) is 9.47 Å². The van der Waals surface area contributed by atoms with Gasteiger partial charge in [0.15, 0.2) is 6.10 Å². The number of likely N-dealkylation sites (N-methyl/N-ethyl adjacent to an activating group) is 1. The second-order valence-corrected chi connectivity index (χ2v) is 4.51. The third kappa shape index (κ3) is 5.04. The number of nitro benzene ring substituents is 1. The first kappa shape index (κ1) is 17.4. The summed E-state index contributed by atoms with van der Waals surface area (Å²) in [6.45, 7) is 3.29. The highest BCUT2D eigenvalue weighted by Crippen LogP contribution is 2.18. The van der Waals surface area contributed by atoms with Crippen molar-refractivity contribution in [1.82, 2.24) is 4.90 Å². The zero-order valence-electron chi connectivity index (χ0n) is 12.6. The first-order chi connectivity index (χ1) is 10.3. The summed E-state index contributed by atoms with van der Waals surface area (Å²) in [5.74, 6) is -0.566. The molecular formula is C14H18N2O6. The molecule has 0 bridgehead atoms. The number of nitro groups is 1. The van der Waals surface area contributed by atoms with Crippen molar-refractivity contribution in [2.45, 2.75) is 20.0 Å². The maximum absolute atomic E-state index is 12.0. The number of benzene rings is 1. The van der Waals surface area contributed by atoms with Crippen molar-refractivity contribution in [1.29, 1.82) is 0 Å². The number of amides is 1. The van der Waals surface area contributed by atoms with Gasteiger partial charge < -0.3 is 14.4 Å². The van der Waals surface area contributed by atoms with Crippen molar-refractivity contribution in [3.05, 3.63) is 34.4 Å². The molecule has 0 aliphatic rings. The number of ether oxygens (including phenoxy) is 2. The summed E-state index contributed by atoms with van der Waals surface area (Å²) < 4.78 is 10.2. The fourth-order valence-electron chi connectivity index (χ4n) is 1.69. The third-order valence-corrected chi connectivity index (χ3v) is 2.76. The van der Waals surface area contributed by atoms with Gasteiger partial charge in [-0.25, -0.2) is 0 Å². The maximum atomic E-state index is 12.0. The number of carbonyl (C=O) groups is 2. The molecule has 1 rings (SSSR count). The molecule has 8 heteroatoms. The minimum atomic E-state index is -0.833. The van der Waals surface area contributed by atoms with Crippen LogP contribution >= 0.6 is 0 Å². The highest BCUT2D eigenvalue weighted by molar-refractivity contribution is 5.84. The van der Waals surface area contributed by atoms with Gasteiger partial charge in [-0.15, -0.1) is 0 Å². The number of nitrogens with zero attached hydrogens (tertiary/aromatic N) is 2. The molecular weight excluding hydrogens is 292 g/mol. The van der Waals surface area contributed by atoms with E-state index in [2.05, 4.69) is 0 Å². The van der Waals surface area contributed by atoms with Crippen LogP contribution in [0, 0.1) is 10.1 Å². The highest BCUT2D eigenvalue weighted by atomic mass is 16.6. The van der Waals surface area contributed by atoms with Crippen molar-refractivity contribution in [3.8, 4) is 5.75 Å². The molecule has 0 aromatic heterocycles. The molecule has 0 saturated carbocycles. The Morgan fingerprint density at radius 2 is 1.91 bits per heavy atom. The highest BCUT2D eigenvalue weighted by Gasteiger charge is 2.21. The van der Waals surface area contributed by atoms with Gasteiger partial charge in [-0.2, -0.15) is 0 Å². The summed E-state index contributed by atoms with van der Waals surface area (Å²) >= 11 is 0. The van der Waals surface area contributed by atoms with Crippen LogP contribution in [0.3, 0.4) is 0 Å². The maximum Gasteiger partial charge on any atom is 0.325 e. The molecule has 0 radical (unpaired) electrons. The van der Waals surface area contributed by atoms with Crippen molar-refractivity contribution in [3.63, 3.8) is 0 Å². The van der Waals surface area contributed by atoms with Crippen LogP contribution in [-0.4, -0.2) is 48.0 Å². The summed E-state index contributed by atoms with van der Waals surface area (Å²) in [6.07, 6.45) is -0.833. The quantitative estimate of drug-likeness (QED) is 0.428. The van der Waals surface area contributed by atoms with Crippen LogP contribution in [0.25, 0.3) is 0 Å². The van der Waals surface area contributed by atoms with Crippen LogP contribution in [0.15, 0.2) is 24.3 Å². The second-order valence-electron chi connectivity index (χ2n) is 4.51. The van der Waals surface area contributed by atoms with Crippen LogP contribution in [0.5, 0.6) is 5.75 Å². The van der Waals surface area contributed by atoms with Gasteiger partial charge in [0.1, 0.15) is 12.3 Å². The Bertz CT molecular complexity index is 543. The van der Waals surface area contributed by atoms with E-state index in [1.54, 1.807) is 6.92 Å². The Morgan fingerprint density at radius 1 is 1.32 bits per heavy atom. The number of carbonyl (C=O) groups excluding carboxylic acids is 2. The summed E-state index contributed by atoms with van der Waals surface area (Å²) in [6, 6.07) is 5.39. The topological polar surface area (TPSA) is 99.0 Å². The fourth-order valence-corrected chi connectivity index (χ4v) is 1.69. The zero-order chi connectivity index (χ0) is 16.7. The SMILES string of the molecule is CCOC(=O)CN(C)C(=O)C(C)Oc1ccc([N+](=O)[O-])cc1. The van der Waals surface area contributed by atoms with Crippen LogP contribution in [0.4, 0.5) is 5.69 Å². The molecule has 1 unspecified atom stereocenters. The van der Waals surface area contributed by atoms with Gasteiger partial charge in [0.25, 0.3) is 11.6 Å². The largest absolute Gasteiger partial charge is 0.481 e. The van der Waals surface area contributed by atoms with E-state index in [1.807, 2.05) is 0 Å². The average molecular weight is 310 g/mol. The lowest BCUT2D eigenvalue weighted by Gasteiger charge is -2.21. The molecule has 0 aliphatic carbocycles. The first-order valence-electron chi connectivity index (χ1n) is 6.66. The molecule has 0 heterocycles. The van der Waals surface area contributed by atoms with Gasteiger partial charge in [0.2, 0.25) is 0 Å². The molecule has 0 aliphatic heterocycles. The standard InChI is InChI=1S/C14H18N2O6/c1-4-21-13(17)9-15(3)14(18)10(2)22-12-7-5-11(6-8-12)16(19)20/h5-8,10H,4,9H2,1-3H3. The number of esters is 1. The van der Waals surface area contributed by atoms with E-state index in [-0.39, 0.29) is 18.8 Å². The van der Waals surface area contributed by atoms with Crippen LogP contribution in [0.1, 0.15) is 13.8 Å². The summed E-state index contributed by atoms with van der Waals surface area (Å²) in [4.78, 5) is 34.6. The summed E-state index contributed by atoms with van der Waals surface area (Å²) in [7, 11) is 1.47. The minimum Gasteiger partial charge on any atom is -0.481 e. The molecule has 0 saturated heterocycles. The molecule has 0 spiro atoms. The van der Waals surface area contributed by atoms with E-state index in [0.29, 0.717) is 5.75 Å². The van der Waals surface area contributed by atoms with Crippen molar-refractivity contribution in [2.75, 3.05) is 20.2 Å². The molecule has 22 heavy (non-hydrogen) atoms. The Hall–Kier alpha value is -2.64. The molecule has 1 aromatic carbocycles. The monoisotopic (exact) mass is 310 g/mol. The van der Waals surface area contributed by atoms with Crippen LogP contribution in [-0.2, 0) is 14.3 Å². The molecule has 1 aromatic rings. The van der Waals surface area contributed by atoms with Gasteiger partial charge in [0, 0.05) is 19.2 Å². The molecule has 1 amide bonds. The smallest absolute Gasteiger partial charge is 0.325 e. The summed E-state index contributed by atoms with van der Waals surface area (Å²) in [5.41, 5.74) is -0.0641. The van der Waals surface area contributed by atoms with E-state index in [9.17, 15) is 19.7 Å². The molecule has 1 atom stereocenters. The molecule has 120 valence electrons. The Kier molecular flexibility index (Phi) is 6.30. The normalized spacial score (nSPS) is 11.4. The number of non-ortho nitro benzene ring substituents is 1. The average Bonchev–Trinajstić information content (AvgIpc) is 2.47. The predicted octanol–water partition coefficient (Wildman–Crippen LogP) is 1.38. The van der Waals surface area contributed by atoms with E-state index >= 15 is 0 Å². The number of rotatable bonds is 7. The van der Waals surface area contributed by atoms with Gasteiger partial charge >= 0.3 is 5.97 Å². The lowest BCUT2D eigenvalue weighted by molar-refractivity contribution is -0.384. The van der Waals surface area contributed by atoms with Crippen LogP contribution < -0.4 is 4.74 Å². The first-order valence-corrected chi connectivity index (χ1v) is 6.66. The Morgan fingerprint density at radius 3 is 2.41 bits per heavy atom. The minimum absolute atomic E-state index is 0.0641. The number of hydrogen-bond donors (Lipinski definition) is 0. The third-order valence-electron chi connectivity index (χ3n) is 2.76. The van der Waals surface area contributed by atoms with Crippen molar-refractivity contribution < 1.29 is 24.0 Å². The van der Waals surface area contributed by atoms with Crippen molar-refractivity contribution >= 4 is 17.6 Å². The second kappa shape index (κ2) is 7.96. The Balaban J connectivity index is 2.59. The van der Waals surface area contributed by atoms with E-state index < -0.39 is 22.9 Å². The molecule has 0 fully saturated rings. The van der Waals surface area contributed by atoms with Gasteiger partial charge in [-0.3, -0.25) is 19.7 Å². The van der Waals surface area contributed by atoms with E-state index in [1.165, 1.54) is 43.1 Å². The van der Waals surface area contributed by atoms with Gasteiger partial charge in [-0.05, 0) is 26.0 Å². The fraction of sp³-hybridized carbons (Fsp3) is 0.429. The molecule has 8 nitrogen and oxygen atoms in total. The summed E-state index contributed by atoms with van der Waals surface area (Å²) in [5, 5.41) is 10.5.